The molecule has 0 radical (unpaired) electrons. The van der Waals surface area contributed by atoms with Gasteiger partial charge in [-0.05, 0) is 72.5 Å². The lowest BCUT2D eigenvalue weighted by Crippen LogP contribution is -2.15. The predicted molar refractivity (Wildman–Crippen MR) is 228 cm³/mol. The molecule has 16 heteroatoms. The van der Waals surface area contributed by atoms with E-state index in [0.29, 0.717) is 48.8 Å². The molecule has 8 rings (SSSR count). The fraction of sp³-hybridized carbons (Fsp3) is 0.0476. The summed E-state index contributed by atoms with van der Waals surface area (Å²) in [5.41, 5.74) is 7.19. The molecular formula is C42H28Cl2N6O6S2. The second kappa shape index (κ2) is 16.9. The number of anilines is 2. The normalized spacial score (nSPS) is 10.8. The lowest BCUT2D eigenvalue weighted by molar-refractivity contribution is 0.0688. The molecule has 2 amide bonds. The molecule has 58 heavy (non-hydrogen) atoms. The number of carbonyl (C=O) groups excluding carboxylic acids is 2. The number of fused-ring (bicyclic) bond motifs is 2. The maximum absolute atomic E-state index is 12.7. The number of hydrogen-bond donors (Lipinski definition) is 4. The SMILES string of the molecule is Cc1cccc2nc(C(=O)Nc3scc(-c4ccc(Cl)cc4)c3C(=O)O)cnc12.Cc1cccc2ncc(C(=O)Nc3scc(-c4ccc(Cl)cc4)c3C(=O)O)nc12. The van der Waals surface area contributed by atoms with Crippen LogP contribution in [0.25, 0.3) is 44.3 Å². The molecular weight excluding hydrogens is 820 g/mol. The quantitative estimate of drug-likeness (QED) is 0.115. The Morgan fingerprint density at radius 3 is 1.52 bits per heavy atom. The van der Waals surface area contributed by atoms with Crippen LogP contribution in [0.4, 0.5) is 10.0 Å². The van der Waals surface area contributed by atoms with Crippen molar-refractivity contribution < 1.29 is 29.4 Å². The minimum absolute atomic E-state index is 0.0234. The van der Waals surface area contributed by atoms with E-state index in [2.05, 4.69) is 30.6 Å². The number of thiophene rings is 2. The number of carbonyl (C=O) groups is 4. The van der Waals surface area contributed by atoms with Gasteiger partial charge in [0.25, 0.3) is 11.8 Å². The summed E-state index contributed by atoms with van der Waals surface area (Å²) in [6, 6.07) is 24.8. The summed E-state index contributed by atoms with van der Waals surface area (Å²) >= 11 is 14.1. The number of hydrogen-bond acceptors (Lipinski definition) is 10. The second-order valence-corrected chi connectivity index (χ2v) is 15.3. The van der Waals surface area contributed by atoms with E-state index in [1.54, 1.807) is 65.4 Å². The molecule has 0 spiro atoms. The van der Waals surface area contributed by atoms with Crippen LogP contribution in [-0.4, -0.2) is 53.9 Å². The van der Waals surface area contributed by atoms with Crippen molar-refractivity contribution in [2.24, 2.45) is 0 Å². The van der Waals surface area contributed by atoms with E-state index in [9.17, 15) is 29.4 Å². The van der Waals surface area contributed by atoms with Crippen molar-refractivity contribution >= 4 is 102 Å². The summed E-state index contributed by atoms with van der Waals surface area (Å²) < 4.78 is 0. The Kier molecular flexibility index (Phi) is 11.5. The molecule has 0 saturated carbocycles. The number of carboxylic acid groups (broad SMARTS) is 2. The van der Waals surface area contributed by atoms with E-state index in [4.69, 9.17) is 23.2 Å². The Balaban J connectivity index is 0.000000177. The number of nitrogens with one attached hydrogen (secondary N) is 2. The molecule has 8 aromatic rings. The average molecular weight is 848 g/mol. The van der Waals surface area contributed by atoms with Crippen LogP contribution in [0.2, 0.25) is 10.0 Å². The van der Waals surface area contributed by atoms with Crippen LogP contribution in [0, 0.1) is 13.8 Å². The number of para-hydroxylation sites is 2. The third-order valence-corrected chi connectivity index (χ3v) is 11.1. The Morgan fingerprint density at radius 2 is 1.02 bits per heavy atom. The van der Waals surface area contributed by atoms with Gasteiger partial charge in [0, 0.05) is 31.9 Å². The third-order valence-electron chi connectivity index (χ3n) is 8.79. The number of rotatable bonds is 8. The van der Waals surface area contributed by atoms with Gasteiger partial charge < -0.3 is 20.8 Å². The van der Waals surface area contributed by atoms with E-state index in [1.165, 1.54) is 12.4 Å². The fourth-order valence-corrected chi connectivity index (χ4v) is 8.09. The number of benzene rings is 4. The van der Waals surface area contributed by atoms with E-state index >= 15 is 0 Å². The zero-order valence-corrected chi connectivity index (χ0v) is 33.4. The zero-order valence-electron chi connectivity index (χ0n) is 30.3. The first-order valence-electron chi connectivity index (χ1n) is 17.2. The maximum atomic E-state index is 12.7. The van der Waals surface area contributed by atoms with Crippen molar-refractivity contribution in [3.8, 4) is 22.3 Å². The van der Waals surface area contributed by atoms with Crippen LogP contribution in [0.5, 0.6) is 0 Å². The number of carboxylic acids is 2. The third kappa shape index (κ3) is 8.40. The molecule has 0 aliphatic heterocycles. The highest BCUT2D eigenvalue weighted by Gasteiger charge is 2.24. The van der Waals surface area contributed by atoms with Crippen LogP contribution >= 0.6 is 45.9 Å². The van der Waals surface area contributed by atoms with Crippen LogP contribution < -0.4 is 10.6 Å². The van der Waals surface area contributed by atoms with Crippen LogP contribution in [0.15, 0.2) is 108 Å². The maximum Gasteiger partial charge on any atom is 0.339 e. The summed E-state index contributed by atoms with van der Waals surface area (Å²) in [4.78, 5) is 66.5. The van der Waals surface area contributed by atoms with E-state index < -0.39 is 23.8 Å². The molecule has 4 aromatic heterocycles. The Bertz CT molecular complexity index is 2900. The zero-order chi connectivity index (χ0) is 41.1. The first-order valence-corrected chi connectivity index (χ1v) is 19.7. The van der Waals surface area contributed by atoms with E-state index in [1.807, 2.05) is 44.2 Å². The van der Waals surface area contributed by atoms with Crippen molar-refractivity contribution in [2.45, 2.75) is 13.8 Å². The lowest BCUT2D eigenvalue weighted by Gasteiger charge is -2.07. The molecule has 4 aromatic carbocycles. The van der Waals surface area contributed by atoms with Crippen molar-refractivity contribution in [3.63, 3.8) is 0 Å². The van der Waals surface area contributed by atoms with Crippen LogP contribution in [0.1, 0.15) is 52.8 Å². The topological polar surface area (TPSA) is 184 Å². The van der Waals surface area contributed by atoms with E-state index in [-0.39, 0.29) is 32.5 Å². The Hall–Kier alpha value is -6.58. The van der Waals surface area contributed by atoms with Gasteiger partial charge in [0.15, 0.2) is 0 Å². The minimum Gasteiger partial charge on any atom is -0.478 e. The molecule has 4 heterocycles. The average Bonchev–Trinajstić information content (AvgIpc) is 3.83. The summed E-state index contributed by atoms with van der Waals surface area (Å²) in [6.07, 6.45) is 2.77. The van der Waals surface area contributed by atoms with E-state index in [0.717, 1.165) is 39.3 Å². The molecule has 0 fully saturated rings. The van der Waals surface area contributed by atoms with Crippen LogP contribution in [0.3, 0.4) is 0 Å². The van der Waals surface area contributed by atoms with Gasteiger partial charge in [-0.2, -0.15) is 0 Å². The smallest absolute Gasteiger partial charge is 0.339 e. The Labute approximate surface area is 347 Å². The van der Waals surface area contributed by atoms with Gasteiger partial charge in [-0.25, -0.2) is 19.6 Å². The van der Waals surface area contributed by atoms with Crippen molar-refractivity contribution in [2.75, 3.05) is 10.6 Å². The molecule has 288 valence electrons. The highest BCUT2D eigenvalue weighted by molar-refractivity contribution is 7.15. The number of nitrogens with zero attached hydrogens (tertiary/aromatic N) is 4. The first kappa shape index (κ1) is 39.6. The van der Waals surface area contributed by atoms with Gasteiger partial charge >= 0.3 is 11.9 Å². The number of halogens is 2. The predicted octanol–water partition coefficient (Wildman–Crippen LogP) is 10.5. The Morgan fingerprint density at radius 1 is 0.569 bits per heavy atom. The standard InChI is InChI=1S/2C21H14ClN3O3S/c1-11-3-2-4-15-18(11)23-9-16(24-15)19(26)25-20-17(21(27)28)14(10-29-20)12-5-7-13(22)8-6-12;1-11-3-2-4-15-18(11)24-16(9-23-15)19(26)25-20-17(21(27)28)14(10-29-20)12-5-7-13(22)8-6-12/h2*2-10H,1H3,(H,25,26)(H,27,28). The molecule has 0 atom stereocenters. The van der Waals surface area contributed by atoms with Gasteiger partial charge in [0.2, 0.25) is 0 Å². The molecule has 0 saturated heterocycles. The molecule has 0 bridgehead atoms. The largest absolute Gasteiger partial charge is 0.478 e. The molecule has 0 aliphatic rings. The minimum atomic E-state index is -1.13. The summed E-state index contributed by atoms with van der Waals surface area (Å²) in [7, 11) is 0. The summed E-state index contributed by atoms with van der Waals surface area (Å²) in [5, 5.41) is 29.7. The number of amides is 2. The van der Waals surface area contributed by atoms with Crippen molar-refractivity contribution in [1.29, 1.82) is 0 Å². The lowest BCUT2D eigenvalue weighted by atomic mass is 10.0. The second-order valence-electron chi connectivity index (χ2n) is 12.6. The van der Waals surface area contributed by atoms with Gasteiger partial charge in [0.1, 0.15) is 32.5 Å². The molecule has 4 N–H and O–H groups in total. The molecule has 0 aliphatic carbocycles. The highest BCUT2D eigenvalue weighted by Crippen LogP contribution is 2.38. The van der Waals surface area contributed by atoms with Gasteiger partial charge in [-0.3, -0.25) is 19.6 Å². The fourth-order valence-electron chi connectivity index (χ4n) is 5.92. The monoisotopic (exact) mass is 846 g/mol. The highest BCUT2D eigenvalue weighted by atomic mass is 35.5. The van der Waals surface area contributed by atoms with Gasteiger partial charge in [0.05, 0.1) is 34.5 Å². The van der Waals surface area contributed by atoms with Crippen molar-refractivity contribution in [3.05, 3.63) is 152 Å². The van der Waals surface area contributed by atoms with Gasteiger partial charge in [-0.1, -0.05) is 71.7 Å². The molecule has 12 nitrogen and oxygen atoms in total. The summed E-state index contributed by atoms with van der Waals surface area (Å²) in [6.45, 7) is 3.80. The van der Waals surface area contributed by atoms with Gasteiger partial charge in [-0.15, -0.1) is 22.7 Å². The summed E-state index contributed by atoms with van der Waals surface area (Å²) in [5.74, 6) is -3.30. The van der Waals surface area contributed by atoms with Crippen LogP contribution in [-0.2, 0) is 0 Å². The molecule has 0 unspecified atom stereocenters. The van der Waals surface area contributed by atoms with Crippen molar-refractivity contribution in [1.82, 2.24) is 19.9 Å². The number of aryl methyl sites for hydroxylation is 2. The first-order chi connectivity index (χ1) is 27.9. The number of aromatic carboxylic acids is 2. The number of aromatic nitrogens is 4.